The lowest BCUT2D eigenvalue weighted by atomic mass is 9.99. The summed E-state index contributed by atoms with van der Waals surface area (Å²) in [5, 5.41) is 28.3. The Morgan fingerprint density at radius 2 is 1.46 bits per heavy atom. The fraction of sp³-hybridized carbons (Fsp3) is 0.667. The molecule has 0 aliphatic carbocycles. The number of unbranched alkanes of at least 4 members (excludes halogenated alkanes) is 8. The number of aryl methyl sites for hydroxylation is 1. The molecule has 0 fully saturated rings. The van der Waals surface area contributed by atoms with Crippen molar-refractivity contribution in [3.63, 3.8) is 0 Å². The Hall–Kier alpha value is -1.75. The first-order valence-electron chi connectivity index (χ1n) is 9.92. The molecule has 1 rings (SSSR count). The van der Waals surface area contributed by atoms with Gasteiger partial charge in [-0.05, 0) is 37.3 Å². The summed E-state index contributed by atoms with van der Waals surface area (Å²) in [5.74, 6) is -2.14. The molecule has 1 aromatic rings. The number of hydrogen-bond donors (Lipinski definition) is 3. The second-order valence-electron chi connectivity index (χ2n) is 6.82. The molecule has 0 radical (unpaired) electrons. The molecule has 0 unspecified atom stereocenters. The maximum Gasteiger partial charge on any atom is 0.339 e. The number of aromatic hydroxyl groups is 2. The molecule has 0 saturated carbocycles. The van der Waals surface area contributed by atoms with E-state index < -0.39 is 17.5 Å². The molecular weight excluding hydrogens is 332 g/mol. The van der Waals surface area contributed by atoms with E-state index in [1.54, 1.807) is 6.07 Å². The Morgan fingerprint density at radius 3 is 2.08 bits per heavy atom. The number of phenols is 2. The van der Waals surface area contributed by atoms with Crippen LogP contribution in [-0.2, 0) is 11.2 Å². The van der Waals surface area contributed by atoms with E-state index in [1.165, 1.54) is 31.7 Å². The predicted molar refractivity (Wildman–Crippen MR) is 103 cm³/mol. The van der Waals surface area contributed by atoms with Crippen molar-refractivity contribution in [3.8, 4) is 11.5 Å². The number of carboxylic acids is 1. The zero-order chi connectivity index (χ0) is 19.2. The summed E-state index contributed by atoms with van der Waals surface area (Å²) in [6.07, 6.45) is 12.0. The third kappa shape index (κ3) is 8.56. The number of phenolic OH excluding ortho intramolecular Hbond substituents is 1. The standard InChI is InChI=1S/C21H34O5/c1-2-3-4-7-10-15-26-16-11-8-5-6-9-12-17-13-14-18(22)20(23)19(17)21(24)25/h13-14,22-23H,2-12,15-16H2,1H3,(H,24,25). The Kier molecular flexibility index (Phi) is 11.5. The molecule has 0 aromatic heterocycles. The van der Waals surface area contributed by atoms with Crippen LogP contribution in [0.4, 0.5) is 0 Å². The highest BCUT2D eigenvalue weighted by molar-refractivity contribution is 5.93. The third-order valence-corrected chi connectivity index (χ3v) is 4.58. The number of carbonyl (C=O) groups is 1. The third-order valence-electron chi connectivity index (χ3n) is 4.58. The molecule has 3 N–H and O–H groups in total. The predicted octanol–water partition coefficient (Wildman–Crippen LogP) is 5.28. The maximum atomic E-state index is 11.2. The summed E-state index contributed by atoms with van der Waals surface area (Å²) in [6, 6.07) is 2.92. The van der Waals surface area contributed by atoms with E-state index in [1.807, 2.05) is 0 Å². The van der Waals surface area contributed by atoms with Crippen LogP contribution in [0.3, 0.4) is 0 Å². The fourth-order valence-electron chi connectivity index (χ4n) is 3.03. The highest BCUT2D eigenvalue weighted by Crippen LogP contribution is 2.32. The lowest BCUT2D eigenvalue weighted by Gasteiger charge is -2.09. The summed E-state index contributed by atoms with van der Waals surface area (Å²) in [5.41, 5.74) is 0.386. The summed E-state index contributed by atoms with van der Waals surface area (Å²) >= 11 is 0. The van der Waals surface area contributed by atoms with Crippen molar-refractivity contribution in [1.82, 2.24) is 0 Å². The second-order valence-corrected chi connectivity index (χ2v) is 6.82. The molecule has 0 atom stereocenters. The van der Waals surface area contributed by atoms with E-state index in [0.717, 1.165) is 51.7 Å². The molecule has 0 amide bonds. The average Bonchev–Trinajstić information content (AvgIpc) is 2.61. The lowest BCUT2D eigenvalue weighted by Crippen LogP contribution is -2.03. The molecule has 0 spiro atoms. The number of carboxylic acid groups (broad SMARTS) is 1. The zero-order valence-corrected chi connectivity index (χ0v) is 16.0. The molecule has 5 nitrogen and oxygen atoms in total. The van der Waals surface area contributed by atoms with Gasteiger partial charge in [-0.1, -0.05) is 57.9 Å². The quantitative estimate of drug-likeness (QED) is 0.290. The molecule has 1 aromatic carbocycles. The van der Waals surface area contributed by atoms with Crippen LogP contribution in [-0.4, -0.2) is 34.5 Å². The normalized spacial score (nSPS) is 11.0. The molecule has 148 valence electrons. The van der Waals surface area contributed by atoms with Gasteiger partial charge in [0, 0.05) is 13.2 Å². The molecule has 0 bridgehead atoms. The van der Waals surface area contributed by atoms with E-state index >= 15 is 0 Å². The summed E-state index contributed by atoms with van der Waals surface area (Å²) in [7, 11) is 0. The molecule has 0 aliphatic heterocycles. The van der Waals surface area contributed by atoms with Crippen molar-refractivity contribution < 1.29 is 24.9 Å². The summed E-state index contributed by atoms with van der Waals surface area (Å²) < 4.78 is 5.64. The van der Waals surface area contributed by atoms with Crippen molar-refractivity contribution in [3.05, 3.63) is 23.3 Å². The van der Waals surface area contributed by atoms with Crippen LogP contribution in [0.1, 0.15) is 87.1 Å². The first-order valence-corrected chi connectivity index (χ1v) is 9.92. The van der Waals surface area contributed by atoms with Crippen molar-refractivity contribution in [2.75, 3.05) is 13.2 Å². The maximum absolute atomic E-state index is 11.2. The van der Waals surface area contributed by atoms with Crippen molar-refractivity contribution in [2.24, 2.45) is 0 Å². The van der Waals surface area contributed by atoms with E-state index in [0.29, 0.717) is 12.0 Å². The number of hydrogen-bond acceptors (Lipinski definition) is 4. The van der Waals surface area contributed by atoms with Crippen LogP contribution in [0.2, 0.25) is 0 Å². The minimum atomic E-state index is -1.21. The number of aromatic carboxylic acids is 1. The van der Waals surface area contributed by atoms with Crippen molar-refractivity contribution >= 4 is 5.97 Å². The van der Waals surface area contributed by atoms with Gasteiger partial charge in [-0.15, -0.1) is 0 Å². The number of rotatable bonds is 15. The molecule has 0 aliphatic rings. The summed E-state index contributed by atoms with van der Waals surface area (Å²) in [4.78, 5) is 11.2. The Labute approximate surface area is 157 Å². The van der Waals surface area contributed by atoms with Crippen LogP contribution < -0.4 is 0 Å². The Balaban J connectivity index is 2.08. The van der Waals surface area contributed by atoms with Gasteiger partial charge in [0.15, 0.2) is 11.5 Å². The lowest BCUT2D eigenvalue weighted by molar-refractivity contribution is 0.0691. The van der Waals surface area contributed by atoms with Crippen LogP contribution in [0.5, 0.6) is 11.5 Å². The number of ether oxygens (including phenoxy) is 1. The van der Waals surface area contributed by atoms with Gasteiger partial charge in [-0.3, -0.25) is 0 Å². The van der Waals surface area contributed by atoms with Gasteiger partial charge >= 0.3 is 5.97 Å². The van der Waals surface area contributed by atoms with Gasteiger partial charge in [0.25, 0.3) is 0 Å². The van der Waals surface area contributed by atoms with Crippen LogP contribution >= 0.6 is 0 Å². The van der Waals surface area contributed by atoms with Gasteiger partial charge in [-0.2, -0.15) is 0 Å². The van der Waals surface area contributed by atoms with Crippen molar-refractivity contribution in [2.45, 2.75) is 77.6 Å². The zero-order valence-electron chi connectivity index (χ0n) is 16.0. The van der Waals surface area contributed by atoms with Gasteiger partial charge < -0.3 is 20.1 Å². The first-order chi connectivity index (χ1) is 12.6. The van der Waals surface area contributed by atoms with Crippen molar-refractivity contribution in [1.29, 1.82) is 0 Å². The molecule has 0 saturated heterocycles. The van der Waals surface area contributed by atoms with Gasteiger partial charge in [0.05, 0.1) is 0 Å². The summed E-state index contributed by atoms with van der Waals surface area (Å²) in [6.45, 7) is 3.91. The Morgan fingerprint density at radius 1 is 0.885 bits per heavy atom. The molecule has 0 heterocycles. The fourth-order valence-corrected chi connectivity index (χ4v) is 3.03. The van der Waals surface area contributed by atoms with Crippen LogP contribution in [0.15, 0.2) is 12.1 Å². The number of benzene rings is 1. The minimum absolute atomic E-state index is 0.183. The second kappa shape index (κ2) is 13.5. The van der Waals surface area contributed by atoms with E-state index in [4.69, 9.17) is 4.74 Å². The topological polar surface area (TPSA) is 87.0 Å². The highest BCUT2D eigenvalue weighted by atomic mass is 16.5. The highest BCUT2D eigenvalue weighted by Gasteiger charge is 2.18. The monoisotopic (exact) mass is 366 g/mol. The Bertz CT molecular complexity index is 527. The van der Waals surface area contributed by atoms with Gasteiger partial charge in [-0.25, -0.2) is 4.79 Å². The smallest absolute Gasteiger partial charge is 0.339 e. The van der Waals surface area contributed by atoms with Crippen LogP contribution in [0, 0.1) is 0 Å². The van der Waals surface area contributed by atoms with E-state index in [9.17, 15) is 20.1 Å². The average molecular weight is 366 g/mol. The SMILES string of the molecule is CCCCCCCOCCCCCCCc1ccc(O)c(O)c1C(=O)O. The van der Waals surface area contributed by atoms with E-state index in [2.05, 4.69) is 6.92 Å². The van der Waals surface area contributed by atoms with Crippen LogP contribution in [0.25, 0.3) is 0 Å². The molecule has 26 heavy (non-hydrogen) atoms. The minimum Gasteiger partial charge on any atom is -0.504 e. The van der Waals surface area contributed by atoms with Gasteiger partial charge in [0.1, 0.15) is 5.56 Å². The molecule has 5 heteroatoms. The largest absolute Gasteiger partial charge is 0.504 e. The first kappa shape index (κ1) is 22.3. The van der Waals surface area contributed by atoms with Gasteiger partial charge in [0.2, 0.25) is 0 Å². The van der Waals surface area contributed by atoms with E-state index in [-0.39, 0.29) is 5.56 Å². The molecular formula is C21H34O5.